The molecule has 1 fully saturated rings. The van der Waals surface area contributed by atoms with E-state index in [-0.39, 0.29) is 30.3 Å². The van der Waals surface area contributed by atoms with E-state index in [4.69, 9.17) is 5.73 Å². The number of nitrogens with two attached hydrogens (primary N) is 1. The van der Waals surface area contributed by atoms with Crippen molar-refractivity contribution >= 4 is 18.3 Å². The first-order valence-corrected chi connectivity index (χ1v) is 6.16. The average Bonchev–Trinajstić information content (AvgIpc) is 2.72. The monoisotopic (exact) mass is 272 g/mol. The van der Waals surface area contributed by atoms with Crippen LogP contribution in [0.3, 0.4) is 0 Å². The summed E-state index contributed by atoms with van der Waals surface area (Å²) in [7, 11) is 1.87. The minimum Gasteiger partial charge on any atom is -0.352 e. The van der Waals surface area contributed by atoms with Crippen LogP contribution in [0.15, 0.2) is 12.4 Å². The van der Waals surface area contributed by atoms with Crippen LogP contribution in [0.2, 0.25) is 0 Å². The van der Waals surface area contributed by atoms with Crippen molar-refractivity contribution in [1.29, 1.82) is 0 Å². The molecule has 6 heteroatoms. The van der Waals surface area contributed by atoms with Crippen molar-refractivity contribution in [3.05, 3.63) is 18.0 Å². The third-order valence-corrected chi connectivity index (χ3v) is 3.31. The molecule has 0 bridgehead atoms. The summed E-state index contributed by atoms with van der Waals surface area (Å²) in [5, 5.41) is 7.02. The molecule has 1 heterocycles. The molecule has 18 heavy (non-hydrogen) atoms. The molecule has 1 aliphatic carbocycles. The molecular weight excluding hydrogens is 252 g/mol. The minimum atomic E-state index is 0. The summed E-state index contributed by atoms with van der Waals surface area (Å²) in [4.78, 5) is 11.9. The van der Waals surface area contributed by atoms with Gasteiger partial charge in [0.05, 0.1) is 6.20 Å². The summed E-state index contributed by atoms with van der Waals surface area (Å²) in [6.45, 7) is 0.554. The molecule has 3 N–H and O–H groups in total. The second-order valence-electron chi connectivity index (χ2n) is 4.86. The summed E-state index contributed by atoms with van der Waals surface area (Å²) in [5.41, 5.74) is 6.91. The van der Waals surface area contributed by atoms with Crippen LogP contribution in [0.25, 0.3) is 0 Å². The highest BCUT2D eigenvalue weighted by atomic mass is 35.5. The Kier molecular flexibility index (Phi) is 5.62. The van der Waals surface area contributed by atoms with Gasteiger partial charge in [-0.3, -0.25) is 9.48 Å². The van der Waals surface area contributed by atoms with E-state index in [2.05, 4.69) is 10.4 Å². The molecule has 5 nitrogen and oxygen atoms in total. The van der Waals surface area contributed by atoms with E-state index in [1.54, 1.807) is 10.9 Å². The first-order valence-electron chi connectivity index (χ1n) is 6.16. The molecular formula is C12H21ClN4O. The Balaban J connectivity index is 0.00000162. The molecule has 1 aromatic heterocycles. The summed E-state index contributed by atoms with van der Waals surface area (Å²) in [6, 6.07) is 0.192. The zero-order chi connectivity index (χ0) is 12.3. The first-order chi connectivity index (χ1) is 8.15. The van der Waals surface area contributed by atoms with Crippen LogP contribution in [-0.2, 0) is 18.4 Å². The normalized spacial score (nSPS) is 23.2. The van der Waals surface area contributed by atoms with Gasteiger partial charge in [0.15, 0.2) is 0 Å². The Morgan fingerprint density at radius 3 is 3.00 bits per heavy atom. The van der Waals surface area contributed by atoms with Crippen molar-refractivity contribution in [3.63, 3.8) is 0 Å². The zero-order valence-corrected chi connectivity index (χ0v) is 11.4. The van der Waals surface area contributed by atoms with Gasteiger partial charge in [0, 0.05) is 37.3 Å². The number of hydrogen-bond donors (Lipinski definition) is 2. The first kappa shape index (κ1) is 15.0. The highest BCUT2D eigenvalue weighted by molar-refractivity contribution is 5.85. The average molecular weight is 273 g/mol. The maximum Gasteiger partial charge on any atom is 0.223 e. The van der Waals surface area contributed by atoms with E-state index in [0.717, 1.165) is 31.2 Å². The number of carbonyl (C=O) groups is 1. The predicted octanol–water partition coefficient (Wildman–Crippen LogP) is 0.976. The number of nitrogens with zero attached hydrogens (tertiary/aromatic N) is 2. The molecule has 1 aliphatic rings. The summed E-state index contributed by atoms with van der Waals surface area (Å²) >= 11 is 0. The largest absolute Gasteiger partial charge is 0.352 e. The molecule has 0 spiro atoms. The Bertz CT molecular complexity index is 393. The SMILES string of the molecule is Cl.Cn1cc(CNC(=O)C2CCCC(N)C2)cn1. The molecule has 2 rings (SSSR count). The van der Waals surface area contributed by atoms with Crippen LogP contribution in [0.5, 0.6) is 0 Å². The topological polar surface area (TPSA) is 72.9 Å². The summed E-state index contributed by atoms with van der Waals surface area (Å²) in [6.07, 6.45) is 7.57. The van der Waals surface area contributed by atoms with E-state index in [0.29, 0.717) is 6.54 Å². The van der Waals surface area contributed by atoms with Gasteiger partial charge in [-0.2, -0.15) is 5.10 Å². The van der Waals surface area contributed by atoms with Gasteiger partial charge in [0.1, 0.15) is 0 Å². The van der Waals surface area contributed by atoms with Crippen LogP contribution < -0.4 is 11.1 Å². The van der Waals surface area contributed by atoms with E-state index in [1.807, 2.05) is 13.2 Å². The standard InChI is InChI=1S/C12H20N4O.ClH/c1-16-8-9(7-15-16)6-14-12(17)10-3-2-4-11(13)5-10;/h7-8,10-11H,2-6,13H2,1H3,(H,14,17);1H. The van der Waals surface area contributed by atoms with Gasteiger partial charge in [0.2, 0.25) is 5.91 Å². The molecule has 0 aliphatic heterocycles. The van der Waals surface area contributed by atoms with Crippen molar-refractivity contribution in [2.45, 2.75) is 38.3 Å². The van der Waals surface area contributed by atoms with Gasteiger partial charge >= 0.3 is 0 Å². The van der Waals surface area contributed by atoms with Crippen molar-refractivity contribution in [2.75, 3.05) is 0 Å². The maximum atomic E-state index is 11.9. The van der Waals surface area contributed by atoms with Gasteiger partial charge in [-0.05, 0) is 19.3 Å². The molecule has 2 unspecified atom stereocenters. The van der Waals surface area contributed by atoms with E-state index in [1.165, 1.54) is 0 Å². The molecule has 102 valence electrons. The number of rotatable bonds is 3. The molecule has 0 aromatic carbocycles. The molecule has 2 atom stereocenters. The molecule has 0 saturated heterocycles. The fourth-order valence-electron chi connectivity index (χ4n) is 2.36. The lowest BCUT2D eigenvalue weighted by Gasteiger charge is -2.25. The fraction of sp³-hybridized carbons (Fsp3) is 0.667. The van der Waals surface area contributed by atoms with Crippen molar-refractivity contribution in [2.24, 2.45) is 18.7 Å². The van der Waals surface area contributed by atoms with Crippen LogP contribution in [-0.4, -0.2) is 21.7 Å². The van der Waals surface area contributed by atoms with Gasteiger partial charge < -0.3 is 11.1 Å². The zero-order valence-electron chi connectivity index (χ0n) is 10.6. The van der Waals surface area contributed by atoms with Gasteiger partial charge in [-0.1, -0.05) is 6.42 Å². The number of hydrogen-bond acceptors (Lipinski definition) is 3. The van der Waals surface area contributed by atoms with Crippen LogP contribution in [0, 0.1) is 5.92 Å². The van der Waals surface area contributed by atoms with Crippen molar-refractivity contribution in [1.82, 2.24) is 15.1 Å². The molecule has 1 aromatic rings. The lowest BCUT2D eigenvalue weighted by molar-refractivity contribution is -0.126. The van der Waals surface area contributed by atoms with E-state index < -0.39 is 0 Å². The number of nitrogens with one attached hydrogen (secondary N) is 1. The Hall–Kier alpha value is -1.07. The van der Waals surface area contributed by atoms with Crippen LogP contribution >= 0.6 is 12.4 Å². The Morgan fingerprint density at radius 2 is 2.39 bits per heavy atom. The number of halogens is 1. The third kappa shape index (κ3) is 3.99. The number of amides is 1. The fourth-order valence-corrected chi connectivity index (χ4v) is 2.36. The van der Waals surface area contributed by atoms with Gasteiger partial charge in [0.25, 0.3) is 0 Å². The highest BCUT2D eigenvalue weighted by Gasteiger charge is 2.24. The maximum absolute atomic E-state index is 11.9. The summed E-state index contributed by atoms with van der Waals surface area (Å²) < 4.78 is 1.73. The Labute approximate surface area is 114 Å². The second-order valence-corrected chi connectivity index (χ2v) is 4.86. The minimum absolute atomic E-state index is 0. The van der Waals surface area contributed by atoms with E-state index >= 15 is 0 Å². The predicted molar refractivity (Wildman–Crippen MR) is 72.2 cm³/mol. The lowest BCUT2D eigenvalue weighted by Crippen LogP contribution is -2.37. The number of aromatic nitrogens is 2. The second kappa shape index (κ2) is 6.75. The smallest absolute Gasteiger partial charge is 0.223 e. The molecule has 0 radical (unpaired) electrons. The van der Waals surface area contributed by atoms with Gasteiger partial charge in [-0.25, -0.2) is 0 Å². The van der Waals surface area contributed by atoms with E-state index in [9.17, 15) is 4.79 Å². The highest BCUT2D eigenvalue weighted by Crippen LogP contribution is 2.23. The third-order valence-electron chi connectivity index (χ3n) is 3.31. The van der Waals surface area contributed by atoms with Gasteiger partial charge in [-0.15, -0.1) is 12.4 Å². The van der Waals surface area contributed by atoms with Crippen LogP contribution in [0.4, 0.5) is 0 Å². The summed E-state index contributed by atoms with van der Waals surface area (Å²) in [5.74, 6) is 0.222. The van der Waals surface area contributed by atoms with Crippen molar-refractivity contribution in [3.8, 4) is 0 Å². The molecule has 1 amide bonds. The van der Waals surface area contributed by atoms with Crippen molar-refractivity contribution < 1.29 is 4.79 Å². The number of carbonyl (C=O) groups excluding carboxylic acids is 1. The Morgan fingerprint density at radius 1 is 1.61 bits per heavy atom. The molecule has 1 saturated carbocycles. The quantitative estimate of drug-likeness (QED) is 0.861. The van der Waals surface area contributed by atoms with Crippen LogP contribution in [0.1, 0.15) is 31.2 Å². The lowest BCUT2D eigenvalue weighted by atomic mass is 9.85. The number of aryl methyl sites for hydroxylation is 1.